The number of benzene rings is 1. The smallest absolute Gasteiger partial charge is 0.291 e. The van der Waals surface area contributed by atoms with Gasteiger partial charge in [0.2, 0.25) is 4.90 Å². The fourth-order valence-electron chi connectivity index (χ4n) is 2.78. The standard InChI is InChI=1S/C16H15BrF3N5OS2/c1-3-25-12-7(17)6-8(28(26)24-16(2)4-5-16)10(18)9(12)11(23-25)14-21-22-15(27-14)13(19)20/h6,13,24H,3-5H2,1-2H3. The normalized spacial score (nSPS) is 16.9. The number of fused-ring (bicyclic) bond motifs is 1. The van der Waals surface area contributed by atoms with E-state index in [-0.39, 0.29) is 26.5 Å². The molecule has 4 rings (SSSR count). The van der Waals surface area contributed by atoms with E-state index in [0.717, 1.165) is 12.8 Å². The van der Waals surface area contributed by atoms with Crippen molar-refractivity contribution in [3.63, 3.8) is 0 Å². The van der Waals surface area contributed by atoms with Crippen LogP contribution in [0.2, 0.25) is 0 Å². The summed E-state index contributed by atoms with van der Waals surface area (Å²) in [4.78, 5) is -0.0250. The number of halogens is 4. The van der Waals surface area contributed by atoms with E-state index in [1.54, 1.807) is 4.68 Å². The van der Waals surface area contributed by atoms with Crippen molar-refractivity contribution >= 4 is 49.5 Å². The Balaban J connectivity index is 1.89. The minimum absolute atomic E-state index is 0.0250. The Morgan fingerprint density at radius 2 is 2.14 bits per heavy atom. The zero-order valence-corrected chi connectivity index (χ0v) is 18.0. The maximum Gasteiger partial charge on any atom is 0.291 e. The molecular formula is C16H15BrF3N5OS2. The summed E-state index contributed by atoms with van der Waals surface area (Å²) in [5.74, 6) is -0.711. The van der Waals surface area contributed by atoms with Crippen molar-refractivity contribution in [3.05, 3.63) is 21.4 Å². The maximum absolute atomic E-state index is 15.5. The van der Waals surface area contributed by atoms with Gasteiger partial charge in [0.15, 0.2) is 15.8 Å². The van der Waals surface area contributed by atoms with E-state index in [0.29, 0.717) is 27.9 Å². The van der Waals surface area contributed by atoms with Crippen LogP contribution in [0.4, 0.5) is 13.2 Å². The van der Waals surface area contributed by atoms with Crippen molar-refractivity contribution in [1.82, 2.24) is 24.7 Å². The monoisotopic (exact) mass is 493 g/mol. The molecule has 6 nitrogen and oxygen atoms in total. The van der Waals surface area contributed by atoms with E-state index in [4.69, 9.17) is 0 Å². The van der Waals surface area contributed by atoms with Crippen molar-refractivity contribution in [2.75, 3.05) is 0 Å². The summed E-state index contributed by atoms with van der Waals surface area (Å²) in [6, 6.07) is 1.47. The van der Waals surface area contributed by atoms with Gasteiger partial charge in [0.05, 0.1) is 27.8 Å². The quantitative estimate of drug-likeness (QED) is 0.508. The molecule has 0 spiro atoms. The van der Waals surface area contributed by atoms with Crippen LogP contribution in [0.15, 0.2) is 15.4 Å². The topological polar surface area (TPSA) is 78.7 Å². The second-order valence-corrected chi connectivity index (χ2v) is 9.78. The van der Waals surface area contributed by atoms with E-state index in [9.17, 15) is 13.3 Å². The Hall–Kier alpha value is -1.21. The van der Waals surface area contributed by atoms with Gasteiger partial charge in [0.25, 0.3) is 6.43 Å². The molecule has 1 unspecified atom stereocenters. The molecule has 2 aromatic heterocycles. The minimum atomic E-state index is -2.77. The van der Waals surface area contributed by atoms with Gasteiger partial charge in [0, 0.05) is 17.1 Å². The summed E-state index contributed by atoms with van der Waals surface area (Å²) < 4.78 is 59.0. The van der Waals surface area contributed by atoms with Gasteiger partial charge in [0.1, 0.15) is 5.69 Å². The molecule has 3 aromatic rings. The molecule has 0 aliphatic heterocycles. The number of aromatic nitrogens is 4. The third kappa shape index (κ3) is 3.45. The van der Waals surface area contributed by atoms with Gasteiger partial charge in [-0.15, -0.1) is 14.9 Å². The maximum atomic E-state index is 15.5. The summed E-state index contributed by atoms with van der Waals surface area (Å²) in [6.45, 7) is 4.17. The molecule has 2 heterocycles. The van der Waals surface area contributed by atoms with Crippen LogP contribution in [-0.2, 0) is 17.9 Å². The molecule has 150 valence electrons. The lowest BCUT2D eigenvalue weighted by Crippen LogP contribution is -2.34. The highest BCUT2D eigenvalue weighted by atomic mass is 79.9. The summed E-state index contributed by atoms with van der Waals surface area (Å²) >= 11 is 2.30. The Kier molecular flexibility index (Phi) is 5.19. The third-order valence-corrected chi connectivity index (χ3v) is 7.46. The van der Waals surface area contributed by atoms with Crippen LogP contribution in [0.5, 0.6) is 0 Å². The summed E-state index contributed by atoms with van der Waals surface area (Å²) in [7, 11) is 0. The zero-order valence-electron chi connectivity index (χ0n) is 14.8. The van der Waals surface area contributed by atoms with E-state index >= 15 is 4.39 Å². The highest BCUT2D eigenvalue weighted by molar-refractivity contribution is 9.10. The van der Waals surface area contributed by atoms with E-state index < -0.39 is 28.6 Å². The molecule has 1 aromatic carbocycles. The predicted octanol–water partition coefficient (Wildman–Crippen LogP) is 4.58. The molecule has 0 bridgehead atoms. The zero-order chi connectivity index (χ0) is 20.2. The second kappa shape index (κ2) is 7.24. The second-order valence-electron chi connectivity index (χ2n) is 6.74. The fourth-order valence-corrected chi connectivity index (χ4v) is 5.51. The SMILES string of the molecule is CCn1nc(-c2nnc(C(F)F)s2)c2c(F)c([S+]([O-])NC3(C)CC3)cc(Br)c21. The molecule has 0 amide bonds. The average molecular weight is 494 g/mol. The van der Waals surface area contributed by atoms with Gasteiger partial charge in [-0.25, -0.2) is 13.2 Å². The van der Waals surface area contributed by atoms with Crippen LogP contribution >= 0.6 is 27.3 Å². The highest BCUT2D eigenvalue weighted by Crippen LogP contribution is 2.41. The Morgan fingerprint density at radius 3 is 2.71 bits per heavy atom. The number of alkyl halides is 2. The van der Waals surface area contributed by atoms with E-state index in [2.05, 4.69) is 35.9 Å². The Morgan fingerprint density at radius 1 is 1.43 bits per heavy atom. The molecule has 0 saturated heterocycles. The lowest BCUT2D eigenvalue weighted by Gasteiger charge is -2.16. The van der Waals surface area contributed by atoms with Crippen molar-refractivity contribution in [2.45, 2.75) is 50.1 Å². The fraction of sp³-hybridized carbons (Fsp3) is 0.438. The van der Waals surface area contributed by atoms with Crippen LogP contribution in [0.1, 0.15) is 38.1 Å². The van der Waals surface area contributed by atoms with Gasteiger partial charge < -0.3 is 4.55 Å². The first kappa shape index (κ1) is 20.1. The first-order chi connectivity index (χ1) is 13.2. The largest absolute Gasteiger partial charge is 0.593 e. The predicted molar refractivity (Wildman–Crippen MR) is 104 cm³/mol. The number of hydrogen-bond donors (Lipinski definition) is 1. The van der Waals surface area contributed by atoms with Crippen LogP contribution in [0.3, 0.4) is 0 Å². The molecular weight excluding hydrogens is 479 g/mol. The van der Waals surface area contributed by atoms with Crippen LogP contribution < -0.4 is 4.72 Å². The van der Waals surface area contributed by atoms with Gasteiger partial charge in [-0.05, 0) is 42.6 Å². The van der Waals surface area contributed by atoms with Crippen LogP contribution in [0.25, 0.3) is 21.6 Å². The summed E-state index contributed by atoms with van der Waals surface area (Å²) in [5.41, 5.74) is 0.290. The molecule has 1 atom stereocenters. The molecule has 1 aliphatic rings. The molecule has 28 heavy (non-hydrogen) atoms. The van der Waals surface area contributed by atoms with Crippen LogP contribution in [0, 0.1) is 5.82 Å². The van der Waals surface area contributed by atoms with Gasteiger partial charge in [-0.2, -0.15) is 5.10 Å². The number of aryl methyl sites for hydroxylation is 1. The summed E-state index contributed by atoms with van der Waals surface area (Å²) in [5, 5.41) is 11.3. The van der Waals surface area contributed by atoms with Crippen molar-refractivity contribution in [2.24, 2.45) is 0 Å². The number of nitrogens with zero attached hydrogens (tertiary/aromatic N) is 4. The molecule has 12 heteroatoms. The Bertz CT molecular complexity index is 1050. The van der Waals surface area contributed by atoms with Gasteiger partial charge >= 0.3 is 0 Å². The highest BCUT2D eigenvalue weighted by Gasteiger charge is 2.43. The first-order valence-electron chi connectivity index (χ1n) is 8.44. The number of rotatable bonds is 6. The number of hydrogen-bond acceptors (Lipinski definition) is 6. The molecule has 1 N–H and O–H groups in total. The third-order valence-electron chi connectivity index (χ3n) is 4.54. The van der Waals surface area contributed by atoms with Gasteiger partial charge in [-0.3, -0.25) is 4.68 Å². The first-order valence-corrected chi connectivity index (χ1v) is 11.2. The summed E-state index contributed by atoms with van der Waals surface area (Å²) in [6.07, 6.45) is -1.04. The molecule has 1 saturated carbocycles. The lowest BCUT2D eigenvalue weighted by molar-refractivity contribution is 0.150. The van der Waals surface area contributed by atoms with Crippen LogP contribution in [-0.4, -0.2) is 30.1 Å². The van der Waals surface area contributed by atoms with Crippen molar-refractivity contribution < 1.29 is 17.7 Å². The van der Waals surface area contributed by atoms with E-state index in [1.807, 2.05) is 13.8 Å². The average Bonchev–Trinajstić information content (AvgIpc) is 3.07. The lowest BCUT2D eigenvalue weighted by atomic mass is 10.2. The molecule has 0 radical (unpaired) electrons. The Labute approximate surface area is 174 Å². The number of nitrogens with one attached hydrogen (secondary N) is 1. The minimum Gasteiger partial charge on any atom is -0.593 e. The van der Waals surface area contributed by atoms with Gasteiger partial charge in [-0.1, -0.05) is 11.3 Å². The molecule has 1 aliphatic carbocycles. The van der Waals surface area contributed by atoms with E-state index in [1.165, 1.54) is 6.07 Å². The van der Waals surface area contributed by atoms with Crippen molar-refractivity contribution in [3.8, 4) is 10.7 Å². The molecule has 1 fully saturated rings. The van der Waals surface area contributed by atoms with Crippen molar-refractivity contribution in [1.29, 1.82) is 0 Å².